The summed E-state index contributed by atoms with van der Waals surface area (Å²) >= 11 is 0. The van der Waals surface area contributed by atoms with Crippen molar-refractivity contribution >= 4 is 32.7 Å². The van der Waals surface area contributed by atoms with Crippen LogP contribution >= 0.6 is 0 Å². The maximum atomic E-state index is 13.3. The molecule has 9 heteroatoms. The molecule has 2 saturated heterocycles. The fraction of sp³-hybridized carbons (Fsp3) is 0.318. The molecule has 0 aliphatic carbocycles. The van der Waals surface area contributed by atoms with Gasteiger partial charge in [0.1, 0.15) is 0 Å². The Morgan fingerprint density at radius 2 is 1.81 bits per heavy atom. The number of benzene rings is 2. The predicted octanol–water partition coefficient (Wildman–Crippen LogP) is 2.46. The molecule has 31 heavy (non-hydrogen) atoms. The molecule has 0 unspecified atom stereocenters. The molecule has 0 spiro atoms. The van der Waals surface area contributed by atoms with Gasteiger partial charge in [-0.1, -0.05) is 30.3 Å². The Morgan fingerprint density at radius 1 is 1.06 bits per heavy atom. The van der Waals surface area contributed by atoms with Gasteiger partial charge in [-0.3, -0.25) is 0 Å². The molecule has 5 rings (SSSR count). The lowest BCUT2D eigenvalue weighted by Crippen LogP contribution is -2.49. The molecule has 2 aliphatic heterocycles. The predicted molar refractivity (Wildman–Crippen MR) is 115 cm³/mol. The molecule has 3 heterocycles. The van der Waals surface area contributed by atoms with Gasteiger partial charge in [0.15, 0.2) is 0 Å². The fourth-order valence-electron chi connectivity index (χ4n) is 4.42. The number of esters is 1. The minimum absolute atomic E-state index is 0.00803. The molecule has 8 nitrogen and oxygen atoms in total. The van der Waals surface area contributed by atoms with Crippen LogP contribution in [0.1, 0.15) is 23.7 Å². The van der Waals surface area contributed by atoms with Crippen LogP contribution in [-0.2, 0) is 14.8 Å². The first-order chi connectivity index (χ1) is 15.0. The first kappa shape index (κ1) is 19.9. The van der Waals surface area contributed by atoms with E-state index in [0.717, 1.165) is 17.2 Å². The summed E-state index contributed by atoms with van der Waals surface area (Å²) in [7, 11) is -3.59. The molecule has 1 aromatic heterocycles. The Hall–Kier alpha value is -3.04. The minimum atomic E-state index is -3.59. The quantitative estimate of drug-likeness (QED) is 0.565. The zero-order valence-electron chi connectivity index (χ0n) is 17.0. The van der Waals surface area contributed by atoms with Gasteiger partial charge in [-0.25, -0.2) is 23.2 Å². The van der Waals surface area contributed by atoms with Crippen LogP contribution in [-0.4, -0.2) is 60.4 Å². The van der Waals surface area contributed by atoms with E-state index in [2.05, 4.69) is 9.97 Å². The number of fused-ring (bicyclic) bond motifs is 3. The lowest BCUT2D eigenvalue weighted by atomic mass is 10.1. The van der Waals surface area contributed by atoms with Crippen molar-refractivity contribution in [3.63, 3.8) is 0 Å². The van der Waals surface area contributed by atoms with Crippen molar-refractivity contribution in [1.29, 1.82) is 0 Å². The normalized spacial score (nSPS) is 21.0. The second-order valence-corrected chi connectivity index (χ2v) is 9.66. The molecule has 0 N–H and O–H groups in total. The Kier molecular flexibility index (Phi) is 4.86. The third kappa shape index (κ3) is 3.43. The molecule has 0 amide bonds. The van der Waals surface area contributed by atoms with Crippen molar-refractivity contribution in [3.8, 4) is 0 Å². The van der Waals surface area contributed by atoms with Crippen LogP contribution in [0.15, 0.2) is 59.8 Å². The number of ether oxygens (including phenoxy) is 1. The zero-order valence-corrected chi connectivity index (χ0v) is 17.8. The molecule has 0 saturated carbocycles. The van der Waals surface area contributed by atoms with Crippen molar-refractivity contribution < 1.29 is 17.9 Å². The number of rotatable bonds is 5. The van der Waals surface area contributed by atoms with Crippen LogP contribution < -0.4 is 4.90 Å². The second kappa shape index (κ2) is 7.58. The fourth-order valence-corrected chi connectivity index (χ4v) is 6.12. The van der Waals surface area contributed by atoms with Crippen molar-refractivity contribution in [3.05, 3.63) is 60.4 Å². The highest BCUT2D eigenvalue weighted by atomic mass is 32.2. The van der Waals surface area contributed by atoms with Gasteiger partial charge >= 0.3 is 5.97 Å². The largest absolute Gasteiger partial charge is 0.462 e. The van der Waals surface area contributed by atoms with Gasteiger partial charge in [-0.2, -0.15) is 4.31 Å². The van der Waals surface area contributed by atoms with Crippen molar-refractivity contribution in [2.75, 3.05) is 24.6 Å². The maximum Gasteiger partial charge on any atom is 0.341 e. The van der Waals surface area contributed by atoms with Crippen LogP contribution in [0.4, 0.5) is 5.95 Å². The van der Waals surface area contributed by atoms with E-state index in [1.54, 1.807) is 23.4 Å². The Balaban J connectivity index is 1.34. The van der Waals surface area contributed by atoms with E-state index in [9.17, 15) is 13.2 Å². The molecule has 0 radical (unpaired) electrons. The highest BCUT2D eigenvalue weighted by Gasteiger charge is 2.49. The van der Waals surface area contributed by atoms with Crippen molar-refractivity contribution in [2.24, 2.45) is 0 Å². The van der Waals surface area contributed by atoms with E-state index in [1.165, 1.54) is 12.4 Å². The van der Waals surface area contributed by atoms with Gasteiger partial charge in [0.25, 0.3) is 0 Å². The number of hydrogen-bond donors (Lipinski definition) is 0. The first-order valence-corrected chi connectivity index (χ1v) is 11.7. The van der Waals surface area contributed by atoms with Crippen LogP contribution in [0.25, 0.3) is 10.8 Å². The molecule has 3 aromatic rings. The monoisotopic (exact) mass is 438 g/mol. The van der Waals surface area contributed by atoms with Gasteiger partial charge in [-0.05, 0) is 36.2 Å². The number of aromatic nitrogens is 2. The van der Waals surface area contributed by atoms with Gasteiger partial charge in [-0.15, -0.1) is 0 Å². The molecular formula is C22H22N4O4S. The summed E-state index contributed by atoms with van der Waals surface area (Å²) in [6.07, 6.45) is 3.64. The lowest BCUT2D eigenvalue weighted by molar-refractivity contribution is 0.0525. The molecule has 160 valence electrons. The van der Waals surface area contributed by atoms with Crippen LogP contribution in [0.3, 0.4) is 0 Å². The van der Waals surface area contributed by atoms with Crippen LogP contribution in [0, 0.1) is 0 Å². The molecule has 2 aromatic carbocycles. The van der Waals surface area contributed by atoms with E-state index in [4.69, 9.17) is 4.74 Å². The lowest BCUT2D eigenvalue weighted by Gasteiger charge is -2.33. The number of anilines is 1. The molecular weight excluding hydrogens is 416 g/mol. The molecule has 2 aliphatic rings. The van der Waals surface area contributed by atoms with E-state index in [0.29, 0.717) is 29.5 Å². The van der Waals surface area contributed by atoms with E-state index >= 15 is 0 Å². The first-order valence-electron chi connectivity index (χ1n) is 10.2. The van der Waals surface area contributed by atoms with Gasteiger partial charge in [0, 0.05) is 37.6 Å². The maximum absolute atomic E-state index is 13.3. The summed E-state index contributed by atoms with van der Waals surface area (Å²) in [6.45, 7) is 2.95. The van der Waals surface area contributed by atoms with Gasteiger partial charge in [0.05, 0.1) is 17.1 Å². The average Bonchev–Trinajstić information content (AvgIpc) is 3.41. The Morgan fingerprint density at radius 3 is 2.48 bits per heavy atom. The topological polar surface area (TPSA) is 92.7 Å². The Labute approximate surface area is 180 Å². The molecule has 2 fully saturated rings. The van der Waals surface area contributed by atoms with E-state index in [1.807, 2.05) is 35.2 Å². The van der Waals surface area contributed by atoms with E-state index in [-0.39, 0.29) is 18.7 Å². The molecule has 2 bridgehead atoms. The third-order valence-electron chi connectivity index (χ3n) is 5.92. The highest BCUT2D eigenvalue weighted by molar-refractivity contribution is 7.89. The summed E-state index contributed by atoms with van der Waals surface area (Å²) in [6, 6.07) is 12.9. The number of carbonyl (C=O) groups is 1. The summed E-state index contributed by atoms with van der Waals surface area (Å²) in [5, 5.41) is 1.92. The second-order valence-electron chi connectivity index (χ2n) is 7.77. The van der Waals surface area contributed by atoms with Crippen LogP contribution in [0.2, 0.25) is 0 Å². The number of sulfonamides is 1. The Bertz CT molecular complexity index is 1250. The minimum Gasteiger partial charge on any atom is -0.462 e. The zero-order chi connectivity index (χ0) is 21.6. The summed E-state index contributed by atoms with van der Waals surface area (Å²) in [4.78, 5) is 22.7. The third-order valence-corrected chi connectivity index (χ3v) is 7.84. The van der Waals surface area contributed by atoms with Gasteiger partial charge < -0.3 is 9.64 Å². The van der Waals surface area contributed by atoms with Crippen molar-refractivity contribution in [1.82, 2.24) is 14.3 Å². The van der Waals surface area contributed by atoms with Gasteiger partial charge in [0.2, 0.25) is 16.0 Å². The summed E-state index contributed by atoms with van der Waals surface area (Å²) < 4.78 is 33.2. The SMILES string of the molecule is CCOC(=O)c1cnc(N2C[C@@H]3C[C@@H]2CN3S(=O)(=O)c2ccc3ccccc3c2)nc1. The van der Waals surface area contributed by atoms with Crippen LogP contribution in [0.5, 0.6) is 0 Å². The summed E-state index contributed by atoms with van der Waals surface area (Å²) in [5.41, 5.74) is 0.301. The molecule has 2 atom stereocenters. The number of hydrogen-bond acceptors (Lipinski definition) is 7. The smallest absolute Gasteiger partial charge is 0.341 e. The number of nitrogens with zero attached hydrogens (tertiary/aromatic N) is 4. The highest BCUT2D eigenvalue weighted by Crippen LogP contribution is 2.37. The van der Waals surface area contributed by atoms with Crippen molar-refractivity contribution in [2.45, 2.75) is 30.3 Å². The number of carbonyl (C=O) groups excluding carboxylic acids is 1. The number of piperazine rings is 1. The standard InChI is InChI=1S/C22H22N4O4S/c1-2-30-21(27)17-11-23-22(24-12-17)25-13-19-10-18(25)14-26(19)31(28,29)20-8-7-15-5-3-4-6-16(15)9-20/h3-9,11-12,18-19H,2,10,13-14H2,1H3/t18-,19+/m1/s1. The van der Waals surface area contributed by atoms with E-state index < -0.39 is 16.0 Å². The summed E-state index contributed by atoms with van der Waals surface area (Å²) in [5.74, 6) is 0.0490. The average molecular weight is 439 g/mol.